The molecule has 0 aromatic heterocycles. The molecular weight excluding hydrogens is 346 g/mol. The van der Waals surface area contributed by atoms with Gasteiger partial charge in [0.15, 0.2) is 0 Å². The molecule has 0 unspecified atom stereocenters. The molecule has 138 valence electrons. The van der Waals surface area contributed by atoms with Crippen molar-refractivity contribution < 1.29 is 4.79 Å². The molecule has 5 heteroatoms. The smallest absolute Gasteiger partial charge is 0.255 e. The number of amides is 1. The van der Waals surface area contributed by atoms with Gasteiger partial charge < -0.3 is 16.4 Å². The van der Waals surface area contributed by atoms with E-state index in [1.54, 1.807) is 12.1 Å². The van der Waals surface area contributed by atoms with Crippen LogP contribution in [-0.2, 0) is 0 Å². The van der Waals surface area contributed by atoms with Crippen LogP contribution >= 0.6 is 12.4 Å². The highest BCUT2D eigenvalue weighted by Gasteiger charge is 2.22. The molecule has 1 aliphatic rings. The lowest BCUT2D eigenvalue weighted by Crippen LogP contribution is -2.43. The summed E-state index contributed by atoms with van der Waals surface area (Å²) in [7, 11) is 0. The molecule has 1 saturated heterocycles. The van der Waals surface area contributed by atoms with E-state index in [1.807, 2.05) is 36.4 Å². The van der Waals surface area contributed by atoms with Crippen LogP contribution < -0.4 is 16.4 Å². The zero-order valence-corrected chi connectivity index (χ0v) is 16.0. The summed E-state index contributed by atoms with van der Waals surface area (Å²) in [5.74, 6) is -0.153. The molecule has 1 aliphatic heterocycles. The first-order valence-corrected chi connectivity index (χ1v) is 8.63. The zero-order valence-electron chi connectivity index (χ0n) is 15.2. The van der Waals surface area contributed by atoms with Crippen LogP contribution in [0.4, 0.5) is 11.4 Å². The lowest BCUT2D eigenvalue weighted by atomic mass is 9.88. The summed E-state index contributed by atoms with van der Waals surface area (Å²) in [5.41, 5.74) is 10.4. The minimum Gasteiger partial charge on any atom is -0.397 e. The van der Waals surface area contributed by atoms with Crippen molar-refractivity contribution in [2.24, 2.45) is 0 Å². The molecule has 1 fully saturated rings. The Morgan fingerprint density at radius 2 is 1.85 bits per heavy atom. The van der Waals surface area contributed by atoms with Crippen molar-refractivity contribution in [3.05, 3.63) is 65.2 Å². The summed E-state index contributed by atoms with van der Waals surface area (Å²) in [6, 6.07) is 14.9. The monoisotopic (exact) mass is 371 g/mol. The van der Waals surface area contributed by atoms with Gasteiger partial charge in [-0.25, -0.2) is 0 Å². The van der Waals surface area contributed by atoms with Gasteiger partial charge in [-0.05, 0) is 63.1 Å². The van der Waals surface area contributed by atoms with Crippen LogP contribution in [0.2, 0.25) is 0 Å². The fourth-order valence-corrected chi connectivity index (χ4v) is 3.17. The summed E-state index contributed by atoms with van der Waals surface area (Å²) in [5, 5.41) is 6.37. The highest BCUT2D eigenvalue weighted by molar-refractivity contribution is 6.05. The lowest BCUT2D eigenvalue weighted by molar-refractivity contribution is 0.102. The highest BCUT2D eigenvalue weighted by Crippen LogP contribution is 2.25. The van der Waals surface area contributed by atoms with Gasteiger partial charge in [-0.2, -0.15) is 0 Å². The van der Waals surface area contributed by atoms with Crippen LogP contribution in [0, 0.1) is 0 Å². The van der Waals surface area contributed by atoms with Gasteiger partial charge in [-0.1, -0.05) is 35.9 Å². The molecular formula is C21H26ClN3O. The number of nitrogen functional groups attached to an aromatic ring is 1. The maximum atomic E-state index is 12.4. The molecule has 0 bridgehead atoms. The standard InChI is InChI=1S/C21H25N3O.ClH/c1-21(2)14-16(11-12-23-21)13-15-7-9-17(10-8-15)20(25)24-19-6-4-3-5-18(19)22;/h3-10,13,23H,11-12,14,22H2,1-2H3,(H,24,25);1H. The number of anilines is 2. The Morgan fingerprint density at radius 3 is 2.50 bits per heavy atom. The van der Waals surface area contributed by atoms with Crippen molar-refractivity contribution in [1.29, 1.82) is 0 Å². The van der Waals surface area contributed by atoms with Crippen molar-refractivity contribution in [1.82, 2.24) is 5.32 Å². The summed E-state index contributed by atoms with van der Waals surface area (Å²) in [6.07, 6.45) is 4.35. The number of benzene rings is 2. The van der Waals surface area contributed by atoms with Crippen LogP contribution in [0.3, 0.4) is 0 Å². The third kappa shape index (κ3) is 5.10. The first-order chi connectivity index (χ1) is 11.9. The summed E-state index contributed by atoms with van der Waals surface area (Å²) in [4.78, 5) is 12.4. The molecule has 0 atom stereocenters. The van der Waals surface area contributed by atoms with Gasteiger partial charge in [0, 0.05) is 11.1 Å². The molecule has 1 heterocycles. The Kier molecular flexibility index (Phi) is 6.46. The molecule has 0 saturated carbocycles. The molecule has 4 nitrogen and oxygen atoms in total. The number of para-hydroxylation sites is 2. The number of carbonyl (C=O) groups excluding carboxylic acids is 1. The molecule has 1 amide bonds. The van der Waals surface area contributed by atoms with E-state index in [4.69, 9.17) is 5.73 Å². The topological polar surface area (TPSA) is 67.2 Å². The van der Waals surface area contributed by atoms with Crippen molar-refractivity contribution >= 4 is 35.8 Å². The van der Waals surface area contributed by atoms with Crippen molar-refractivity contribution in [2.45, 2.75) is 32.2 Å². The zero-order chi connectivity index (χ0) is 17.9. The molecule has 0 aliphatic carbocycles. The van der Waals surface area contributed by atoms with Gasteiger partial charge in [-0.15, -0.1) is 12.4 Å². The van der Waals surface area contributed by atoms with E-state index in [0.29, 0.717) is 16.9 Å². The second-order valence-electron chi connectivity index (χ2n) is 7.20. The Balaban J connectivity index is 0.00000243. The highest BCUT2D eigenvalue weighted by atomic mass is 35.5. The van der Waals surface area contributed by atoms with Crippen LogP contribution in [0.1, 0.15) is 42.6 Å². The van der Waals surface area contributed by atoms with E-state index in [9.17, 15) is 4.79 Å². The summed E-state index contributed by atoms with van der Waals surface area (Å²) >= 11 is 0. The predicted octanol–water partition coefficient (Wildman–Crippen LogP) is 4.49. The lowest BCUT2D eigenvalue weighted by Gasteiger charge is -2.32. The molecule has 2 aromatic carbocycles. The molecule has 0 radical (unpaired) electrons. The molecule has 26 heavy (non-hydrogen) atoms. The normalized spacial score (nSPS) is 17.4. The van der Waals surface area contributed by atoms with Crippen molar-refractivity contribution in [3.63, 3.8) is 0 Å². The minimum absolute atomic E-state index is 0. The van der Waals surface area contributed by atoms with E-state index in [1.165, 1.54) is 5.57 Å². The van der Waals surface area contributed by atoms with Crippen LogP contribution in [-0.4, -0.2) is 18.0 Å². The van der Waals surface area contributed by atoms with Crippen molar-refractivity contribution in [2.75, 3.05) is 17.6 Å². The van der Waals surface area contributed by atoms with Gasteiger partial charge >= 0.3 is 0 Å². The average Bonchev–Trinajstić information content (AvgIpc) is 2.57. The minimum atomic E-state index is -0.153. The Morgan fingerprint density at radius 1 is 1.15 bits per heavy atom. The molecule has 0 spiro atoms. The van der Waals surface area contributed by atoms with Crippen LogP contribution in [0.25, 0.3) is 6.08 Å². The van der Waals surface area contributed by atoms with Gasteiger partial charge in [0.25, 0.3) is 5.91 Å². The SMILES string of the molecule is CC1(C)CC(=Cc2ccc(C(=O)Nc3ccccc3N)cc2)CCN1.Cl. The Labute approximate surface area is 161 Å². The number of hydrogen-bond donors (Lipinski definition) is 3. The number of carbonyl (C=O) groups is 1. The maximum absolute atomic E-state index is 12.4. The van der Waals surface area contributed by atoms with Crippen LogP contribution in [0.15, 0.2) is 54.1 Å². The number of nitrogens with two attached hydrogens (primary N) is 1. The first kappa shape index (κ1) is 20.0. The van der Waals surface area contributed by atoms with E-state index < -0.39 is 0 Å². The number of piperidine rings is 1. The maximum Gasteiger partial charge on any atom is 0.255 e. The van der Waals surface area contributed by atoms with Gasteiger partial charge in [0.1, 0.15) is 0 Å². The van der Waals surface area contributed by atoms with E-state index >= 15 is 0 Å². The molecule has 4 N–H and O–H groups in total. The second-order valence-corrected chi connectivity index (χ2v) is 7.20. The Hall–Kier alpha value is -2.30. The fraction of sp³-hybridized carbons (Fsp3) is 0.286. The van der Waals surface area contributed by atoms with Crippen molar-refractivity contribution in [3.8, 4) is 0 Å². The van der Waals surface area contributed by atoms with Crippen LogP contribution in [0.5, 0.6) is 0 Å². The number of hydrogen-bond acceptors (Lipinski definition) is 3. The van der Waals surface area contributed by atoms with E-state index in [0.717, 1.165) is 24.9 Å². The van der Waals surface area contributed by atoms with E-state index in [-0.39, 0.29) is 23.9 Å². The first-order valence-electron chi connectivity index (χ1n) is 8.63. The van der Waals surface area contributed by atoms with Gasteiger partial charge in [0.2, 0.25) is 0 Å². The number of rotatable bonds is 3. The molecule has 3 rings (SSSR count). The third-order valence-corrected chi connectivity index (χ3v) is 4.47. The van der Waals surface area contributed by atoms with Gasteiger partial charge in [-0.3, -0.25) is 4.79 Å². The van der Waals surface area contributed by atoms with Gasteiger partial charge in [0.05, 0.1) is 11.4 Å². The fourth-order valence-electron chi connectivity index (χ4n) is 3.17. The number of halogens is 1. The average molecular weight is 372 g/mol. The quantitative estimate of drug-likeness (QED) is 0.696. The second kappa shape index (κ2) is 8.39. The molecule has 2 aromatic rings. The number of nitrogens with one attached hydrogen (secondary N) is 2. The Bertz CT molecular complexity index is 797. The predicted molar refractivity (Wildman–Crippen MR) is 112 cm³/mol. The third-order valence-electron chi connectivity index (χ3n) is 4.47. The summed E-state index contributed by atoms with van der Waals surface area (Å²) < 4.78 is 0. The van der Waals surface area contributed by atoms with E-state index in [2.05, 4.69) is 30.6 Å². The summed E-state index contributed by atoms with van der Waals surface area (Å²) in [6.45, 7) is 5.46. The largest absolute Gasteiger partial charge is 0.397 e.